The second kappa shape index (κ2) is 5.75. The molecule has 2 heterocycles. The summed E-state index contributed by atoms with van der Waals surface area (Å²) in [5.74, 6) is -0.517. The van der Waals surface area contributed by atoms with Crippen LogP contribution in [-0.2, 0) is 9.53 Å². The Morgan fingerprint density at radius 1 is 1.35 bits per heavy atom. The predicted molar refractivity (Wildman–Crippen MR) is 74.6 cm³/mol. The Labute approximate surface area is 119 Å². The highest BCUT2D eigenvalue weighted by molar-refractivity contribution is 7.12. The minimum Gasteiger partial charge on any atom is -0.478 e. The number of carbonyl (C=O) groups excluding carboxylic acids is 1. The van der Waals surface area contributed by atoms with Gasteiger partial charge in [-0.25, -0.2) is 9.59 Å². The van der Waals surface area contributed by atoms with Crippen molar-refractivity contribution in [2.45, 2.75) is 6.92 Å². The van der Waals surface area contributed by atoms with Crippen LogP contribution in [0.15, 0.2) is 33.6 Å². The normalized spacial score (nSPS) is 11.4. The maximum Gasteiger partial charge on any atom is 0.348 e. The first-order valence-corrected chi connectivity index (χ1v) is 6.58. The average molecular weight is 292 g/mol. The Kier molecular flexibility index (Phi) is 4.05. The third-order valence-electron chi connectivity index (χ3n) is 2.62. The number of carboxylic acids is 1. The van der Waals surface area contributed by atoms with E-state index in [0.29, 0.717) is 22.0 Å². The smallest absolute Gasteiger partial charge is 0.348 e. The molecule has 0 atom stereocenters. The van der Waals surface area contributed by atoms with Crippen LogP contribution in [0, 0.1) is 0 Å². The maximum atomic E-state index is 11.6. The van der Waals surface area contributed by atoms with Gasteiger partial charge in [-0.1, -0.05) is 0 Å². The molecule has 0 aliphatic heterocycles. The molecule has 20 heavy (non-hydrogen) atoms. The van der Waals surface area contributed by atoms with Gasteiger partial charge in [-0.2, -0.15) is 0 Å². The van der Waals surface area contributed by atoms with E-state index in [-0.39, 0.29) is 5.57 Å². The van der Waals surface area contributed by atoms with Gasteiger partial charge in [0.2, 0.25) is 0 Å². The molecular formula is C14H12O5S. The Morgan fingerprint density at radius 2 is 2.10 bits per heavy atom. The van der Waals surface area contributed by atoms with Crippen LogP contribution >= 0.6 is 11.3 Å². The summed E-state index contributed by atoms with van der Waals surface area (Å²) in [6.45, 7) is 1.48. The molecule has 1 N–H and O–H groups in total. The molecule has 0 spiro atoms. The van der Waals surface area contributed by atoms with Crippen molar-refractivity contribution in [3.8, 4) is 11.3 Å². The highest BCUT2D eigenvalue weighted by Gasteiger charge is 2.17. The minimum atomic E-state index is -1.01. The second-order valence-electron chi connectivity index (χ2n) is 3.99. The van der Waals surface area contributed by atoms with E-state index in [1.54, 1.807) is 23.6 Å². The molecule has 104 valence electrons. The van der Waals surface area contributed by atoms with Crippen molar-refractivity contribution >= 4 is 29.4 Å². The van der Waals surface area contributed by atoms with Crippen molar-refractivity contribution in [3.05, 3.63) is 39.8 Å². The van der Waals surface area contributed by atoms with E-state index >= 15 is 0 Å². The molecule has 0 aromatic carbocycles. The predicted octanol–water partition coefficient (Wildman–Crippen LogP) is 3.28. The van der Waals surface area contributed by atoms with Gasteiger partial charge in [-0.05, 0) is 36.6 Å². The molecule has 0 amide bonds. The summed E-state index contributed by atoms with van der Waals surface area (Å²) in [6.07, 6.45) is 1.43. The van der Waals surface area contributed by atoms with Gasteiger partial charge in [0.05, 0.1) is 7.11 Å². The molecule has 0 bridgehead atoms. The van der Waals surface area contributed by atoms with E-state index in [2.05, 4.69) is 0 Å². The van der Waals surface area contributed by atoms with E-state index in [9.17, 15) is 9.59 Å². The second-order valence-corrected chi connectivity index (χ2v) is 4.91. The van der Waals surface area contributed by atoms with E-state index in [0.717, 1.165) is 0 Å². The summed E-state index contributed by atoms with van der Waals surface area (Å²) < 4.78 is 10.2. The maximum absolute atomic E-state index is 11.6. The average Bonchev–Trinajstić information content (AvgIpc) is 3.05. The van der Waals surface area contributed by atoms with E-state index in [1.165, 1.54) is 31.4 Å². The standard InChI is InChI=1S/C14H12O5S/c1-8(13(15)16)7-9-3-4-11(19-9)10-5-6-20-12(10)14(17)18-2/h3-7H,1-2H3,(H,15,16)/b8-7+. The lowest BCUT2D eigenvalue weighted by molar-refractivity contribution is -0.132. The molecule has 0 aliphatic carbocycles. The molecule has 0 fully saturated rings. The molecule has 0 unspecified atom stereocenters. The van der Waals surface area contributed by atoms with Crippen LogP contribution in [0.4, 0.5) is 0 Å². The summed E-state index contributed by atoms with van der Waals surface area (Å²) in [5, 5.41) is 10.6. The molecule has 2 rings (SSSR count). The molecule has 0 saturated heterocycles. The van der Waals surface area contributed by atoms with Crippen LogP contribution in [0.3, 0.4) is 0 Å². The fourth-order valence-electron chi connectivity index (χ4n) is 1.60. The molecule has 2 aromatic heterocycles. The zero-order chi connectivity index (χ0) is 14.7. The van der Waals surface area contributed by atoms with E-state index in [4.69, 9.17) is 14.3 Å². The number of methoxy groups -OCH3 is 1. The Balaban J connectivity index is 2.35. The number of esters is 1. The number of aliphatic carboxylic acids is 1. The van der Waals surface area contributed by atoms with Gasteiger partial charge in [-0.3, -0.25) is 0 Å². The number of furan rings is 1. The van der Waals surface area contributed by atoms with Gasteiger partial charge in [-0.15, -0.1) is 11.3 Å². The summed E-state index contributed by atoms with van der Waals surface area (Å²) >= 11 is 1.26. The van der Waals surface area contributed by atoms with Gasteiger partial charge >= 0.3 is 11.9 Å². The third-order valence-corrected chi connectivity index (χ3v) is 3.52. The Morgan fingerprint density at radius 3 is 2.75 bits per heavy atom. The molecular weight excluding hydrogens is 280 g/mol. The number of carboxylic acid groups (broad SMARTS) is 1. The first-order chi connectivity index (χ1) is 9.52. The SMILES string of the molecule is COC(=O)c1sccc1-c1ccc(/C=C(\C)C(=O)O)o1. The van der Waals surface area contributed by atoms with Crippen molar-refractivity contribution in [2.24, 2.45) is 0 Å². The van der Waals surface area contributed by atoms with Crippen molar-refractivity contribution < 1.29 is 23.8 Å². The molecule has 5 nitrogen and oxygen atoms in total. The fraction of sp³-hybridized carbons (Fsp3) is 0.143. The van der Waals surface area contributed by atoms with Crippen LogP contribution in [-0.4, -0.2) is 24.2 Å². The van der Waals surface area contributed by atoms with Crippen molar-refractivity contribution in [2.75, 3.05) is 7.11 Å². The Hall–Kier alpha value is -2.34. The highest BCUT2D eigenvalue weighted by Crippen LogP contribution is 2.30. The Bertz CT molecular complexity index is 677. The van der Waals surface area contributed by atoms with Gasteiger partial charge in [0.25, 0.3) is 0 Å². The number of carbonyl (C=O) groups is 2. The monoisotopic (exact) mass is 292 g/mol. The summed E-state index contributed by atoms with van der Waals surface area (Å²) in [6, 6.07) is 5.10. The third kappa shape index (κ3) is 2.80. The minimum absolute atomic E-state index is 0.171. The molecule has 2 aromatic rings. The first kappa shape index (κ1) is 14.1. The van der Waals surface area contributed by atoms with Crippen LogP contribution in [0.25, 0.3) is 17.4 Å². The van der Waals surface area contributed by atoms with E-state index < -0.39 is 11.9 Å². The summed E-state index contributed by atoms with van der Waals surface area (Å²) in [4.78, 5) is 22.8. The van der Waals surface area contributed by atoms with Crippen LogP contribution < -0.4 is 0 Å². The fourth-order valence-corrected chi connectivity index (χ4v) is 2.42. The van der Waals surface area contributed by atoms with Crippen LogP contribution in [0.1, 0.15) is 22.4 Å². The number of hydrogen-bond acceptors (Lipinski definition) is 5. The van der Waals surface area contributed by atoms with Gasteiger partial charge in [0.15, 0.2) is 0 Å². The number of rotatable bonds is 4. The zero-order valence-electron chi connectivity index (χ0n) is 10.9. The summed E-state index contributed by atoms with van der Waals surface area (Å²) in [7, 11) is 1.32. The van der Waals surface area contributed by atoms with Crippen molar-refractivity contribution in [1.29, 1.82) is 0 Å². The van der Waals surface area contributed by atoms with Crippen molar-refractivity contribution in [3.63, 3.8) is 0 Å². The van der Waals surface area contributed by atoms with Crippen LogP contribution in [0.5, 0.6) is 0 Å². The van der Waals surface area contributed by atoms with E-state index in [1.807, 2.05) is 0 Å². The molecule has 0 saturated carbocycles. The van der Waals surface area contributed by atoms with Gasteiger partial charge in [0.1, 0.15) is 16.4 Å². The van der Waals surface area contributed by atoms with Gasteiger partial charge in [0, 0.05) is 11.1 Å². The highest BCUT2D eigenvalue weighted by atomic mass is 32.1. The molecule has 0 aliphatic rings. The molecule has 0 radical (unpaired) electrons. The number of ether oxygens (including phenoxy) is 1. The zero-order valence-corrected chi connectivity index (χ0v) is 11.7. The largest absolute Gasteiger partial charge is 0.478 e. The topological polar surface area (TPSA) is 76.7 Å². The van der Waals surface area contributed by atoms with Crippen molar-refractivity contribution in [1.82, 2.24) is 0 Å². The first-order valence-electron chi connectivity index (χ1n) is 5.70. The number of hydrogen-bond donors (Lipinski definition) is 1. The number of thiophene rings is 1. The quantitative estimate of drug-likeness (QED) is 0.691. The molecule has 6 heteroatoms. The lowest BCUT2D eigenvalue weighted by Gasteiger charge is -1.98. The summed E-state index contributed by atoms with van der Waals surface area (Å²) in [5.41, 5.74) is 0.805. The van der Waals surface area contributed by atoms with Crippen LogP contribution in [0.2, 0.25) is 0 Å². The van der Waals surface area contributed by atoms with Gasteiger partial charge < -0.3 is 14.3 Å². The lowest BCUT2D eigenvalue weighted by atomic mass is 10.2. The lowest BCUT2D eigenvalue weighted by Crippen LogP contribution is -1.99.